The quantitative estimate of drug-likeness (QED) is 0.582. The molecule has 1 heterocycles. The maximum atomic E-state index is 13.0. The van der Waals surface area contributed by atoms with Crippen LogP contribution in [0.15, 0.2) is 48.5 Å². The molecule has 6 heteroatoms. The third kappa shape index (κ3) is 6.62. The van der Waals surface area contributed by atoms with Gasteiger partial charge in [0, 0.05) is 38.7 Å². The maximum absolute atomic E-state index is 13.0. The lowest BCUT2D eigenvalue weighted by Gasteiger charge is -2.34. The smallest absolute Gasteiger partial charge is 0.166 e. The molecule has 162 valence electrons. The van der Waals surface area contributed by atoms with Crippen molar-refractivity contribution < 1.29 is 19.4 Å². The Balaban J connectivity index is 1.29. The molecular weight excluding hydrogens is 383 g/mol. The Bertz CT molecular complexity index is 807. The van der Waals surface area contributed by atoms with E-state index < -0.39 is 11.9 Å². The highest BCUT2D eigenvalue weighted by Crippen LogP contribution is 2.21. The van der Waals surface area contributed by atoms with Crippen molar-refractivity contribution in [3.05, 3.63) is 65.5 Å². The van der Waals surface area contributed by atoms with Gasteiger partial charge in [-0.3, -0.25) is 4.79 Å². The number of aliphatic hydroxyl groups excluding tert-OH is 1. The molecule has 0 spiro atoms. The summed E-state index contributed by atoms with van der Waals surface area (Å²) in [6.07, 6.45) is 2.40. The number of Topliss-reactive ketones (excluding diaryl/α,β-unsaturated/α-hetero) is 1. The van der Waals surface area contributed by atoms with Gasteiger partial charge in [0.2, 0.25) is 0 Å². The molecule has 1 fully saturated rings. The van der Waals surface area contributed by atoms with E-state index >= 15 is 0 Å². The normalized spacial score (nSPS) is 16.5. The number of rotatable bonds is 10. The summed E-state index contributed by atoms with van der Waals surface area (Å²) in [5.41, 5.74) is 1.17. The number of phenols is 1. The Kier molecular flexibility index (Phi) is 8.37. The van der Waals surface area contributed by atoms with Crippen LogP contribution in [0.1, 0.15) is 47.7 Å². The van der Waals surface area contributed by atoms with Crippen molar-refractivity contribution in [1.29, 1.82) is 0 Å². The molecule has 30 heavy (non-hydrogen) atoms. The summed E-state index contributed by atoms with van der Waals surface area (Å²) >= 11 is 0. The first-order chi connectivity index (χ1) is 14.5. The summed E-state index contributed by atoms with van der Waals surface area (Å²) in [5.74, 6) is -0.981. The van der Waals surface area contributed by atoms with Gasteiger partial charge in [0.25, 0.3) is 0 Å². The molecule has 1 aliphatic rings. The van der Waals surface area contributed by atoms with E-state index in [0.717, 1.165) is 70.2 Å². The van der Waals surface area contributed by atoms with Crippen molar-refractivity contribution in [1.82, 2.24) is 9.80 Å². The Morgan fingerprint density at radius 3 is 2.23 bits per heavy atom. The SMILES string of the molecule is O=C(CCCN1CCN(CCCC(O)c2ccccc2)CC1)c1ccc(F)cc1O. The lowest BCUT2D eigenvalue weighted by atomic mass is 10.0. The predicted molar refractivity (Wildman–Crippen MR) is 115 cm³/mol. The average Bonchev–Trinajstić information content (AvgIpc) is 2.75. The van der Waals surface area contributed by atoms with Crippen molar-refractivity contribution in [2.75, 3.05) is 39.3 Å². The topological polar surface area (TPSA) is 64.0 Å². The van der Waals surface area contributed by atoms with Gasteiger partial charge in [-0.15, -0.1) is 0 Å². The van der Waals surface area contributed by atoms with E-state index in [0.29, 0.717) is 6.42 Å². The molecule has 1 unspecified atom stereocenters. The minimum atomic E-state index is -0.545. The van der Waals surface area contributed by atoms with E-state index in [1.807, 2.05) is 30.3 Å². The Morgan fingerprint density at radius 1 is 0.967 bits per heavy atom. The maximum Gasteiger partial charge on any atom is 0.166 e. The molecule has 1 aliphatic heterocycles. The van der Waals surface area contributed by atoms with Gasteiger partial charge in [0.1, 0.15) is 11.6 Å². The third-order valence-corrected chi connectivity index (χ3v) is 5.74. The number of hydrogen-bond acceptors (Lipinski definition) is 5. The van der Waals surface area contributed by atoms with Gasteiger partial charge >= 0.3 is 0 Å². The van der Waals surface area contributed by atoms with Gasteiger partial charge in [-0.1, -0.05) is 30.3 Å². The first-order valence-electron chi connectivity index (χ1n) is 10.7. The molecule has 0 bridgehead atoms. The molecule has 0 aliphatic carbocycles. The second-order valence-electron chi connectivity index (χ2n) is 7.94. The number of halogens is 1. The highest BCUT2D eigenvalue weighted by atomic mass is 19.1. The Hall–Kier alpha value is -2.28. The number of benzene rings is 2. The lowest BCUT2D eigenvalue weighted by molar-refractivity contribution is 0.0954. The fraction of sp³-hybridized carbons (Fsp3) is 0.458. The Morgan fingerprint density at radius 2 is 1.60 bits per heavy atom. The van der Waals surface area contributed by atoms with Crippen molar-refractivity contribution in [3.8, 4) is 5.75 Å². The summed E-state index contributed by atoms with van der Waals surface area (Å²) < 4.78 is 13.0. The van der Waals surface area contributed by atoms with Crippen LogP contribution in [0.5, 0.6) is 5.75 Å². The predicted octanol–water partition coefficient (Wildman–Crippen LogP) is 3.63. The van der Waals surface area contributed by atoms with Crippen LogP contribution < -0.4 is 0 Å². The fourth-order valence-corrected chi connectivity index (χ4v) is 3.93. The van der Waals surface area contributed by atoms with E-state index in [2.05, 4.69) is 9.80 Å². The van der Waals surface area contributed by atoms with Gasteiger partial charge < -0.3 is 20.0 Å². The van der Waals surface area contributed by atoms with Gasteiger partial charge in [0.05, 0.1) is 11.7 Å². The number of hydrogen-bond donors (Lipinski definition) is 2. The van der Waals surface area contributed by atoms with E-state index in [9.17, 15) is 19.4 Å². The van der Waals surface area contributed by atoms with Crippen molar-refractivity contribution in [2.24, 2.45) is 0 Å². The molecule has 0 aromatic heterocycles. The lowest BCUT2D eigenvalue weighted by Crippen LogP contribution is -2.46. The molecule has 1 atom stereocenters. The highest BCUT2D eigenvalue weighted by molar-refractivity contribution is 5.98. The number of ketones is 1. The molecule has 0 amide bonds. The second kappa shape index (κ2) is 11.2. The molecule has 2 aromatic rings. The molecule has 0 saturated carbocycles. The minimum Gasteiger partial charge on any atom is -0.507 e. The van der Waals surface area contributed by atoms with Crippen LogP contribution in [-0.2, 0) is 0 Å². The van der Waals surface area contributed by atoms with Crippen LogP contribution >= 0.6 is 0 Å². The van der Waals surface area contributed by atoms with Crippen LogP contribution in [0.4, 0.5) is 4.39 Å². The first-order valence-corrected chi connectivity index (χ1v) is 10.7. The second-order valence-corrected chi connectivity index (χ2v) is 7.94. The van der Waals surface area contributed by atoms with Crippen molar-refractivity contribution in [2.45, 2.75) is 31.8 Å². The summed E-state index contributed by atoms with van der Waals surface area (Å²) in [5, 5.41) is 20.0. The zero-order valence-electron chi connectivity index (χ0n) is 17.3. The summed E-state index contributed by atoms with van der Waals surface area (Å²) in [7, 11) is 0. The molecule has 0 radical (unpaired) electrons. The van der Waals surface area contributed by atoms with Crippen LogP contribution in [0.25, 0.3) is 0 Å². The average molecular weight is 415 g/mol. The van der Waals surface area contributed by atoms with Crippen LogP contribution in [0.2, 0.25) is 0 Å². The highest BCUT2D eigenvalue weighted by Gasteiger charge is 2.18. The third-order valence-electron chi connectivity index (χ3n) is 5.74. The van der Waals surface area contributed by atoms with Crippen LogP contribution in [0.3, 0.4) is 0 Å². The van der Waals surface area contributed by atoms with Crippen LogP contribution in [0, 0.1) is 5.82 Å². The molecule has 2 N–H and O–H groups in total. The molecule has 2 aromatic carbocycles. The zero-order chi connectivity index (χ0) is 21.3. The largest absolute Gasteiger partial charge is 0.507 e. The standard InChI is InChI=1S/C24H31FN2O3/c25-20-10-11-21(24(30)18-20)23(29)9-5-13-27-16-14-26(15-17-27)12-4-8-22(28)19-6-2-1-3-7-19/h1-3,6-7,10-11,18,22,28,30H,4-5,8-9,12-17H2. The fourth-order valence-electron chi connectivity index (χ4n) is 3.93. The number of phenolic OH excluding ortho intramolecular Hbond substituents is 1. The van der Waals surface area contributed by atoms with Gasteiger partial charge in [-0.2, -0.15) is 0 Å². The van der Waals surface area contributed by atoms with E-state index in [1.165, 1.54) is 12.1 Å². The molecule has 1 saturated heterocycles. The zero-order valence-corrected chi connectivity index (χ0v) is 17.3. The summed E-state index contributed by atoms with van der Waals surface area (Å²) in [6, 6.07) is 13.3. The number of carbonyl (C=O) groups excluding carboxylic acids is 1. The minimum absolute atomic E-state index is 0.150. The number of aromatic hydroxyl groups is 1. The monoisotopic (exact) mass is 414 g/mol. The molecule has 3 rings (SSSR count). The molecule has 5 nitrogen and oxygen atoms in total. The summed E-state index contributed by atoms with van der Waals surface area (Å²) in [4.78, 5) is 17.0. The van der Waals surface area contributed by atoms with Crippen molar-refractivity contribution in [3.63, 3.8) is 0 Å². The number of piperazine rings is 1. The van der Waals surface area contributed by atoms with E-state index in [4.69, 9.17) is 0 Å². The number of carbonyl (C=O) groups is 1. The number of aliphatic hydroxyl groups is 1. The first kappa shape index (κ1) is 22.4. The van der Waals surface area contributed by atoms with Gasteiger partial charge in [-0.05, 0) is 50.0 Å². The van der Waals surface area contributed by atoms with Gasteiger partial charge in [0.15, 0.2) is 5.78 Å². The molecular formula is C24H31FN2O3. The van der Waals surface area contributed by atoms with Gasteiger partial charge in [-0.25, -0.2) is 4.39 Å². The number of nitrogens with zero attached hydrogens (tertiary/aromatic N) is 2. The van der Waals surface area contributed by atoms with Crippen molar-refractivity contribution >= 4 is 5.78 Å². The summed E-state index contributed by atoms with van der Waals surface area (Å²) in [6.45, 7) is 5.75. The van der Waals surface area contributed by atoms with Crippen LogP contribution in [-0.4, -0.2) is 65.1 Å². The van der Waals surface area contributed by atoms with E-state index in [-0.39, 0.29) is 17.1 Å². The Labute approximate surface area is 177 Å². The van der Waals surface area contributed by atoms with E-state index in [1.54, 1.807) is 0 Å².